The monoisotopic (exact) mass is 225 g/mol. The number of ether oxygens (including phenoxy) is 1. The molecule has 0 spiro atoms. The quantitative estimate of drug-likeness (QED) is 0.668. The lowest BCUT2D eigenvalue weighted by molar-refractivity contribution is 0.0904. The van der Waals surface area contributed by atoms with Gasteiger partial charge in [-0.2, -0.15) is 0 Å². The second kappa shape index (κ2) is 4.57. The molecule has 5 N–H and O–H groups in total. The number of nitrogens with two attached hydrogens (primary N) is 2. The molecule has 88 valence electrons. The topological polar surface area (TPSA) is 73.3 Å². The molecule has 0 saturated carbocycles. The largest absolute Gasteiger partial charge is 0.397 e. The van der Waals surface area contributed by atoms with Gasteiger partial charge in [-0.25, -0.2) is 4.39 Å². The highest BCUT2D eigenvalue weighted by Gasteiger charge is 2.14. The summed E-state index contributed by atoms with van der Waals surface area (Å²) < 4.78 is 18.6. The Kier molecular flexibility index (Phi) is 3.14. The fourth-order valence-electron chi connectivity index (χ4n) is 1.80. The molecule has 16 heavy (non-hydrogen) atoms. The van der Waals surface area contributed by atoms with Gasteiger partial charge in [-0.1, -0.05) is 0 Å². The molecule has 0 atom stereocenters. The minimum absolute atomic E-state index is 0.0116. The summed E-state index contributed by atoms with van der Waals surface area (Å²) in [6.45, 7) is 1.48. The third-order valence-electron chi connectivity index (χ3n) is 2.75. The number of nitrogen functional groups attached to an aromatic ring is 2. The van der Waals surface area contributed by atoms with Gasteiger partial charge in [0.1, 0.15) is 5.82 Å². The minimum Gasteiger partial charge on any atom is -0.397 e. The second-order valence-electron chi connectivity index (χ2n) is 3.99. The van der Waals surface area contributed by atoms with Gasteiger partial charge in [-0.05, 0) is 25.0 Å². The van der Waals surface area contributed by atoms with E-state index in [1.54, 1.807) is 6.07 Å². The lowest BCUT2D eigenvalue weighted by atomic mass is 10.1. The number of nitrogens with one attached hydrogen (secondary N) is 1. The first-order chi connectivity index (χ1) is 7.66. The molecule has 1 saturated heterocycles. The summed E-state index contributed by atoms with van der Waals surface area (Å²) in [5.74, 6) is -0.477. The van der Waals surface area contributed by atoms with Crippen molar-refractivity contribution < 1.29 is 9.13 Å². The van der Waals surface area contributed by atoms with Gasteiger partial charge in [0, 0.05) is 24.9 Å². The van der Waals surface area contributed by atoms with Crippen LogP contribution in [-0.4, -0.2) is 19.3 Å². The molecule has 0 amide bonds. The van der Waals surface area contributed by atoms with Crippen molar-refractivity contribution in [3.63, 3.8) is 0 Å². The van der Waals surface area contributed by atoms with E-state index in [0.29, 0.717) is 11.7 Å². The van der Waals surface area contributed by atoms with E-state index in [4.69, 9.17) is 16.2 Å². The van der Waals surface area contributed by atoms with Crippen LogP contribution in [0, 0.1) is 5.82 Å². The van der Waals surface area contributed by atoms with Crippen LogP contribution in [0.15, 0.2) is 12.1 Å². The Morgan fingerprint density at radius 1 is 1.25 bits per heavy atom. The predicted octanol–water partition coefficient (Wildman–Crippen LogP) is 1.58. The van der Waals surface area contributed by atoms with E-state index < -0.39 is 5.82 Å². The van der Waals surface area contributed by atoms with E-state index in [2.05, 4.69) is 5.32 Å². The minimum atomic E-state index is -0.477. The highest BCUT2D eigenvalue weighted by molar-refractivity contribution is 5.70. The maximum absolute atomic E-state index is 13.3. The summed E-state index contributed by atoms with van der Waals surface area (Å²) in [6.07, 6.45) is 1.85. The van der Waals surface area contributed by atoms with Crippen molar-refractivity contribution in [1.82, 2.24) is 0 Å². The average Bonchev–Trinajstić information content (AvgIpc) is 2.27. The van der Waals surface area contributed by atoms with Crippen LogP contribution >= 0.6 is 0 Å². The Bertz CT molecular complexity index is 354. The van der Waals surface area contributed by atoms with Crippen molar-refractivity contribution in [2.75, 3.05) is 30.0 Å². The molecule has 1 aliphatic rings. The summed E-state index contributed by atoms with van der Waals surface area (Å²) in [6, 6.07) is 3.35. The summed E-state index contributed by atoms with van der Waals surface area (Å²) >= 11 is 0. The zero-order valence-electron chi connectivity index (χ0n) is 9.00. The van der Waals surface area contributed by atoms with Crippen LogP contribution in [0.2, 0.25) is 0 Å². The fourth-order valence-corrected chi connectivity index (χ4v) is 1.80. The third kappa shape index (κ3) is 2.36. The van der Waals surface area contributed by atoms with Crippen LogP contribution in [-0.2, 0) is 4.74 Å². The van der Waals surface area contributed by atoms with Crippen LogP contribution in [0.1, 0.15) is 12.8 Å². The molecule has 0 bridgehead atoms. The van der Waals surface area contributed by atoms with Gasteiger partial charge < -0.3 is 21.5 Å². The molecular weight excluding hydrogens is 209 g/mol. The number of hydrogen-bond donors (Lipinski definition) is 3. The van der Waals surface area contributed by atoms with Crippen LogP contribution in [0.25, 0.3) is 0 Å². The zero-order chi connectivity index (χ0) is 11.5. The standard InChI is InChI=1S/C11H16FN3O/c12-9-5-8(6-10(13)11(9)14)15-7-1-3-16-4-2-7/h5-7,15H,1-4,13-14H2. The Labute approximate surface area is 93.8 Å². The molecular formula is C11H16FN3O. The van der Waals surface area contributed by atoms with Gasteiger partial charge in [-0.3, -0.25) is 0 Å². The van der Waals surface area contributed by atoms with Crippen LogP contribution in [0.3, 0.4) is 0 Å². The van der Waals surface area contributed by atoms with Crippen molar-refractivity contribution in [2.24, 2.45) is 0 Å². The van der Waals surface area contributed by atoms with E-state index in [-0.39, 0.29) is 11.4 Å². The molecule has 1 fully saturated rings. The number of benzene rings is 1. The number of hydrogen-bond acceptors (Lipinski definition) is 4. The smallest absolute Gasteiger partial charge is 0.150 e. The van der Waals surface area contributed by atoms with Crippen LogP contribution in [0.4, 0.5) is 21.5 Å². The number of halogens is 1. The van der Waals surface area contributed by atoms with Gasteiger partial charge in [0.05, 0.1) is 11.4 Å². The van der Waals surface area contributed by atoms with Gasteiger partial charge in [0.15, 0.2) is 0 Å². The highest BCUT2D eigenvalue weighted by atomic mass is 19.1. The first kappa shape index (κ1) is 11.0. The van der Waals surface area contributed by atoms with E-state index in [9.17, 15) is 4.39 Å². The molecule has 0 radical (unpaired) electrons. The molecule has 4 nitrogen and oxygen atoms in total. The molecule has 1 heterocycles. The third-order valence-corrected chi connectivity index (χ3v) is 2.75. The number of rotatable bonds is 2. The Balaban J connectivity index is 2.09. The molecule has 0 aliphatic carbocycles. The Hall–Kier alpha value is -1.49. The molecule has 0 unspecified atom stereocenters. The maximum atomic E-state index is 13.3. The number of anilines is 3. The normalized spacial score (nSPS) is 17.3. The van der Waals surface area contributed by atoms with Crippen molar-refractivity contribution in [1.29, 1.82) is 0 Å². The van der Waals surface area contributed by atoms with E-state index >= 15 is 0 Å². The van der Waals surface area contributed by atoms with Gasteiger partial charge >= 0.3 is 0 Å². The fraction of sp³-hybridized carbons (Fsp3) is 0.455. The molecule has 1 aromatic rings. The Morgan fingerprint density at radius 2 is 1.94 bits per heavy atom. The first-order valence-corrected chi connectivity index (χ1v) is 5.35. The lowest BCUT2D eigenvalue weighted by Gasteiger charge is -2.24. The van der Waals surface area contributed by atoms with E-state index in [0.717, 1.165) is 26.1 Å². The average molecular weight is 225 g/mol. The first-order valence-electron chi connectivity index (χ1n) is 5.35. The van der Waals surface area contributed by atoms with Crippen molar-refractivity contribution in [3.05, 3.63) is 17.9 Å². The SMILES string of the molecule is Nc1cc(NC2CCOCC2)cc(F)c1N. The van der Waals surface area contributed by atoms with Crippen LogP contribution < -0.4 is 16.8 Å². The molecule has 1 aromatic carbocycles. The van der Waals surface area contributed by atoms with E-state index in [1.165, 1.54) is 6.07 Å². The van der Waals surface area contributed by atoms with Crippen molar-refractivity contribution >= 4 is 17.1 Å². The molecule has 1 aliphatic heterocycles. The lowest BCUT2D eigenvalue weighted by Crippen LogP contribution is -2.27. The summed E-state index contributed by atoms with van der Waals surface area (Å²) in [5, 5.41) is 3.23. The Morgan fingerprint density at radius 3 is 2.56 bits per heavy atom. The highest BCUT2D eigenvalue weighted by Crippen LogP contribution is 2.25. The summed E-state index contributed by atoms with van der Waals surface area (Å²) in [5.41, 5.74) is 12.0. The van der Waals surface area contributed by atoms with Crippen molar-refractivity contribution in [2.45, 2.75) is 18.9 Å². The summed E-state index contributed by atoms with van der Waals surface area (Å²) in [7, 11) is 0. The van der Waals surface area contributed by atoms with Crippen LogP contribution in [0.5, 0.6) is 0 Å². The maximum Gasteiger partial charge on any atom is 0.150 e. The second-order valence-corrected chi connectivity index (χ2v) is 3.99. The predicted molar refractivity (Wildman–Crippen MR) is 62.7 cm³/mol. The van der Waals surface area contributed by atoms with Crippen molar-refractivity contribution in [3.8, 4) is 0 Å². The summed E-state index contributed by atoms with van der Waals surface area (Å²) in [4.78, 5) is 0. The van der Waals surface area contributed by atoms with Gasteiger partial charge in [0.2, 0.25) is 0 Å². The van der Waals surface area contributed by atoms with E-state index in [1.807, 2.05) is 0 Å². The van der Waals surface area contributed by atoms with Gasteiger partial charge in [0.25, 0.3) is 0 Å². The molecule has 2 rings (SSSR count). The zero-order valence-corrected chi connectivity index (χ0v) is 9.00. The van der Waals surface area contributed by atoms with Gasteiger partial charge in [-0.15, -0.1) is 0 Å². The molecule has 5 heteroatoms. The molecule has 0 aromatic heterocycles.